The van der Waals surface area contributed by atoms with Gasteiger partial charge < -0.3 is 15.2 Å². The summed E-state index contributed by atoms with van der Waals surface area (Å²) < 4.78 is 0. The SMILES string of the molecule is CC.CC(=O)CCCC(=O)O.CCC1CCC[NH2+]1. The van der Waals surface area contributed by atoms with Gasteiger partial charge in [0, 0.05) is 25.7 Å². The van der Waals surface area contributed by atoms with Gasteiger partial charge in [-0.15, -0.1) is 0 Å². The van der Waals surface area contributed by atoms with E-state index in [9.17, 15) is 9.59 Å². The number of hydrogen-bond acceptors (Lipinski definition) is 2. The molecule has 1 heterocycles. The molecule has 4 heteroatoms. The van der Waals surface area contributed by atoms with E-state index >= 15 is 0 Å². The van der Waals surface area contributed by atoms with Crippen molar-refractivity contribution in [2.45, 2.75) is 72.3 Å². The van der Waals surface area contributed by atoms with E-state index in [1.54, 1.807) is 0 Å². The molecule has 1 rings (SSSR count). The standard InChI is InChI=1S/C6H13N.C6H10O3.C2H6/c1-2-6-4-3-5-7-6;1-5(7)3-2-4-6(8)9;1-2/h6-7H,2-5H2,1H3;2-4H2,1H3,(H,8,9);1-2H3/p+1. The lowest BCUT2D eigenvalue weighted by Crippen LogP contribution is -2.86. The molecule has 0 amide bonds. The largest absolute Gasteiger partial charge is 0.481 e. The maximum Gasteiger partial charge on any atom is 0.303 e. The van der Waals surface area contributed by atoms with Crippen LogP contribution in [0.4, 0.5) is 0 Å². The summed E-state index contributed by atoms with van der Waals surface area (Å²) in [5.41, 5.74) is 0. The van der Waals surface area contributed by atoms with Gasteiger partial charge in [0.1, 0.15) is 5.78 Å². The quantitative estimate of drug-likeness (QED) is 0.794. The molecule has 3 N–H and O–H groups in total. The molecule has 0 aromatic heterocycles. The number of rotatable bonds is 5. The Balaban J connectivity index is 0. The zero-order valence-electron chi connectivity index (χ0n) is 12.4. The molecule has 1 aliphatic heterocycles. The van der Waals surface area contributed by atoms with Crippen molar-refractivity contribution < 1.29 is 20.0 Å². The average Bonchev–Trinajstić information content (AvgIpc) is 2.84. The molecule has 4 nitrogen and oxygen atoms in total. The number of carboxylic acids is 1. The molecule has 1 aliphatic rings. The highest BCUT2D eigenvalue weighted by Gasteiger charge is 2.14. The van der Waals surface area contributed by atoms with Gasteiger partial charge in [0.2, 0.25) is 0 Å². The molecule has 0 aliphatic carbocycles. The summed E-state index contributed by atoms with van der Waals surface area (Å²) >= 11 is 0. The lowest BCUT2D eigenvalue weighted by Gasteiger charge is -1.98. The van der Waals surface area contributed by atoms with E-state index in [1.165, 1.54) is 32.7 Å². The summed E-state index contributed by atoms with van der Waals surface area (Å²) in [6.07, 6.45) is 5.20. The van der Waals surface area contributed by atoms with Crippen LogP contribution < -0.4 is 5.32 Å². The maximum atomic E-state index is 10.2. The number of nitrogens with two attached hydrogens (primary N) is 1. The molecule has 1 saturated heterocycles. The number of quaternary nitrogens is 1. The molecule has 0 radical (unpaired) electrons. The fourth-order valence-electron chi connectivity index (χ4n) is 1.71. The van der Waals surface area contributed by atoms with Crippen LogP contribution in [0.3, 0.4) is 0 Å². The van der Waals surface area contributed by atoms with Gasteiger partial charge in [-0.2, -0.15) is 0 Å². The molecule has 0 bridgehead atoms. The molecule has 1 atom stereocenters. The summed E-state index contributed by atoms with van der Waals surface area (Å²) in [6, 6.07) is 0.972. The van der Waals surface area contributed by atoms with Crippen molar-refractivity contribution in [3.05, 3.63) is 0 Å². The highest BCUT2D eigenvalue weighted by Crippen LogP contribution is 1.99. The number of carboxylic acid groups (broad SMARTS) is 1. The van der Waals surface area contributed by atoms with E-state index in [4.69, 9.17) is 5.11 Å². The van der Waals surface area contributed by atoms with Crippen molar-refractivity contribution in [2.24, 2.45) is 0 Å². The molecular formula is C14H30NO3+. The van der Waals surface area contributed by atoms with Crippen LogP contribution in [-0.4, -0.2) is 29.4 Å². The van der Waals surface area contributed by atoms with Crippen LogP contribution in [0.15, 0.2) is 0 Å². The molecular weight excluding hydrogens is 230 g/mol. The van der Waals surface area contributed by atoms with Crippen LogP contribution in [-0.2, 0) is 9.59 Å². The third-order valence-electron chi connectivity index (χ3n) is 2.72. The van der Waals surface area contributed by atoms with Gasteiger partial charge >= 0.3 is 5.97 Å². The highest BCUT2D eigenvalue weighted by molar-refractivity contribution is 5.76. The molecule has 108 valence electrons. The first-order valence-corrected chi connectivity index (χ1v) is 7.10. The third kappa shape index (κ3) is 15.1. The molecule has 1 fully saturated rings. The normalized spacial score (nSPS) is 17.0. The molecule has 0 aromatic carbocycles. The molecule has 1 unspecified atom stereocenters. The predicted octanol–water partition coefficient (Wildman–Crippen LogP) is 1.98. The molecule has 0 spiro atoms. The van der Waals surface area contributed by atoms with E-state index in [0.29, 0.717) is 12.8 Å². The first-order chi connectivity index (χ1) is 8.56. The number of Topliss-reactive ketones (excluding diaryl/α,β-unsaturated/α-hetero) is 1. The molecule has 18 heavy (non-hydrogen) atoms. The van der Waals surface area contributed by atoms with Crippen molar-refractivity contribution in [2.75, 3.05) is 6.54 Å². The van der Waals surface area contributed by atoms with Crippen LogP contribution in [0.1, 0.15) is 66.2 Å². The zero-order chi connectivity index (χ0) is 14.4. The lowest BCUT2D eigenvalue weighted by atomic mass is 10.2. The third-order valence-corrected chi connectivity index (χ3v) is 2.72. The Morgan fingerprint density at radius 3 is 2.17 bits per heavy atom. The Morgan fingerprint density at radius 2 is 1.89 bits per heavy atom. The zero-order valence-corrected chi connectivity index (χ0v) is 12.4. The molecule has 0 saturated carbocycles. The van der Waals surface area contributed by atoms with E-state index in [-0.39, 0.29) is 12.2 Å². The summed E-state index contributed by atoms with van der Waals surface area (Å²) in [5.74, 6) is -0.785. The monoisotopic (exact) mass is 260 g/mol. The Bertz CT molecular complexity index is 197. The van der Waals surface area contributed by atoms with Gasteiger partial charge in [0.05, 0.1) is 12.6 Å². The second-order valence-corrected chi connectivity index (χ2v) is 4.28. The number of carbonyl (C=O) groups excluding carboxylic acids is 1. The van der Waals surface area contributed by atoms with Gasteiger partial charge in [0.15, 0.2) is 0 Å². The van der Waals surface area contributed by atoms with Gasteiger partial charge in [-0.05, 0) is 19.8 Å². The van der Waals surface area contributed by atoms with Crippen LogP contribution >= 0.6 is 0 Å². The Labute approximate surface area is 111 Å². The Kier molecular flexibility index (Phi) is 15.3. The minimum absolute atomic E-state index is 0.0521. The minimum Gasteiger partial charge on any atom is -0.481 e. The van der Waals surface area contributed by atoms with Gasteiger partial charge in [-0.25, -0.2) is 0 Å². The Hall–Kier alpha value is -0.900. The second kappa shape index (κ2) is 14.2. The first-order valence-electron chi connectivity index (χ1n) is 7.10. The van der Waals surface area contributed by atoms with Crippen molar-refractivity contribution in [3.63, 3.8) is 0 Å². The van der Waals surface area contributed by atoms with Crippen molar-refractivity contribution in [1.82, 2.24) is 0 Å². The fraction of sp³-hybridized carbons (Fsp3) is 0.857. The summed E-state index contributed by atoms with van der Waals surface area (Å²) in [6.45, 7) is 9.10. The Morgan fingerprint density at radius 1 is 1.28 bits per heavy atom. The molecule has 0 aromatic rings. The predicted molar refractivity (Wildman–Crippen MR) is 73.6 cm³/mol. The fourth-order valence-corrected chi connectivity index (χ4v) is 1.71. The van der Waals surface area contributed by atoms with E-state index in [0.717, 1.165) is 6.04 Å². The smallest absolute Gasteiger partial charge is 0.303 e. The average molecular weight is 260 g/mol. The number of carbonyl (C=O) groups is 2. The van der Waals surface area contributed by atoms with Gasteiger partial charge in [0.25, 0.3) is 0 Å². The van der Waals surface area contributed by atoms with Crippen LogP contribution in [0.5, 0.6) is 0 Å². The number of hydrogen-bond donors (Lipinski definition) is 2. The van der Waals surface area contributed by atoms with Crippen molar-refractivity contribution >= 4 is 11.8 Å². The second-order valence-electron chi connectivity index (χ2n) is 4.28. The maximum absolute atomic E-state index is 10.2. The summed E-state index contributed by atoms with van der Waals surface area (Å²) in [7, 11) is 0. The van der Waals surface area contributed by atoms with Crippen molar-refractivity contribution in [1.29, 1.82) is 0 Å². The highest BCUT2D eigenvalue weighted by atomic mass is 16.4. The number of aliphatic carboxylic acids is 1. The summed E-state index contributed by atoms with van der Waals surface area (Å²) in [4.78, 5) is 20.1. The van der Waals surface area contributed by atoms with Gasteiger partial charge in [-0.3, -0.25) is 4.79 Å². The van der Waals surface area contributed by atoms with E-state index < -0.39 is 5.97 Å². The van der Waals surface area contributed by atoms with E-state index in [1.807, 2.05) is 13.8 Å². The number of ketones is 1. The summed E-state index contributed by atoms with van der Waals surface area (Å²) in [5, 5.41) is 10.6. The van der Waals surface area contributed by atoms with Crippen LogP contribution in [0.25, 0.3) is 0 Å². The topological polar surface area (TPSA) is 71.0 Å². The van der Waals surface area contributed by atoms with Crippen molar-refractivity contribution in [3.8, 4) is 0 Å². The van der Waals surface area contributed by atoms with E-state index in [2.05, 4.69) is 12.2 Å². The lowest BCUT2D eigenvalue weighted by molar-refractivity contribution is -0.670. The minimum atomic E-state index is -0.837. The first kappa shape index (κ1) is 19.4. The van der Waals surface area contributed by atoms with Crippen LogP contribution in [0.2, 0.25) is 0 Å². The van der Waals surface area contributed by atoms with Crippen LogP contribution in [0, 0.1) is 0 Å². The van der Waals surface area contributed by atoms with Gasteiger partial charge in [-0.1, -0.05) is 20.8 Å².